The summed E-state index contributed by atoms with van der Waals surface area (Å²) in [5.41, 5.74) is 9.03. The molecule has 126 valence electrons. The molecule has 0 aliphatic rings. The van der Waals surface area contributed by atoms with Crippen LogP contribution in [0, 0.1) is 13.8 Å². The zero-order valence-electron chi connectivity index (χ0n) is 14.0. The molecule has 0 heterocycles. The summed E-state index contributed by atoms with van der Waals surface area (Å²) in [6.07, 6.45) is -0.939. The van der Waals surface area contributed by atoms with E-state index in [4.69, 9.17) is 10.5 Å². The molecule has 0 bridgehead atoms. The number of thioether (sulfide) groups is 1. The van der Waals surface area contributed by atoms with Crippen LogP contribution in [0.25, 0.3) is 0 Å². The Morgan fingerprint density at radius 1 is 1.17 bits per heavy atom. The van der Waals surface area contributed by atoms with E-state index in [1.165, 1.54) is 22.9 Å². The Hall–Kier alpha value is -2.27. The van der Waals surface area contributed by atoms with E-state index in [9.17, 15) is 9.59 Å². The Labute approximate surface area is 146 Å². The molecule has 2 rings (SSSR count). The molecule has 0 spiro atoms. The van der Waals surface area contributed by atoms with Crippen LogP contribution in [-0.2, 0) is 15.3 Å². The summed E-state index contributed by atoms with van der Waals surface area (Å²) in [4.78, 5) is 24.2. The SMILES string of the molecule is Cc1ccc(SCc2cccc(C(=O)O[C@@H](C)C(N)=O)c2)c(C)c1. The van der Waals surface area contributed by atoms with Crippen LogP contribution in [0.3, 0.4) is 0 Å². The highest BCUT2D eigenvalue weighted by Crippen LogP contribution is 2.27. The van der Waals surface area contributed by atoms with E-state index in [0.29, 0.717) is 5.56 Å². The van der Waals surface area contributed by atoms with Gasteiger partial charge in [-0.2, -0.15) is 0 Å². The molecule has 1 atom stereocenters. The number of nitrogens with two attached hydrogens (primary N) is 1. The minimum atomic E-state index is -0.939. The zero-order chi connectivity index (χ0) is 17.7. The molecular formula is C19H21NO3S. The maximum atomic E-state index is 12.0. The number of amides is 1. The quantitative estimate of drug-likeness (QED) is 0.642. The van der Waals surface area contributed by atoms with Crippen LogP contribution in [0.4, 0.5) is 0 Å². The highest BCUT2D eigenvalue weighted by molar-refractivity contribution is 7.98. The van der Waals surface area contributed by atoms with Gasteiger partial charge in [-0.25, -0.2) is 4.79 Å². The van der Waals surface area contributed by atoms with Crippen molar-refractivity contribution in [2.75, 3.05) is 0 Å². The molecule has 0 saturated carbocycles. The van der Waals surface area contributed by atoms with Gasteiger partial charge < -0.3 is 10.5 Å². The van der Waals surface area contributed by atoms with Gasteiger partial charge in [0, 0.05) is 10.6 Å². The van der Waals surface area contributed by atoms with Crippen molar-refractivity contribution in [2.24, 2.45) is 5.73 Å². The average molecular weight is 343 g/mol. The standard InChI is InChI=1S/C19H21NO3S/c1-12-7-8-17(13(2)9-12)24-11-15-5-4-6-16(10-15)19(22)23-14(3)18(20)21/h4-10,14H,11H2,1-3H3,(H2,20,21)/t14-/m0/s1. The Morgan fingerprint density at radius 2 is 1.92 bits per heavy atom. The van der Waals surface area contributed by atoms with Crippen molar-refractivity contribution < 1.29 is 14.3 Å². The minimum absolute atomic E-state index is 0.418. The topological polar surface area (TPSA) is 69.4 Å². The van der Waals surface area contributed by atoms with Gasteiger partial charge >= 0.3 is 5.97 Å². The molecule has 0 unspecified atom stereocenters. The summed E-state index contributed by atoms with van der Waals surface area (Å²) in [6, 6.07) is 13.6. The smallest absolute Gasteiger partial charge is 0.338 e. The van der Waals surface area contributed by atoms with Crippen molar-refractivity contribution in [3.05, 3.63) is 64.7 Å². The number of ether oxygens (including phenoxy) is 1. The zero-order valence-corrected chi connectivity index (χ0v) is 14.9. The van der Waals surface area contributed by atoms with E-state index in [1.807, 2.05) is 12.1 Å². The van der Waals surface area contributed by atoms with Crippen LogP contribution >= 0.6 is 11.8 Å². The fourth-order valence-electron chi connectivity index (χ4n) is 2.20. The van der Waals surface area contributed by atoms with Gasteiger partial charge in [0.2, 0.25) is 0 Å². The summed E-state index contributed by atoms with van der Waals surface area (Å²) in [5, 5.41) is 0. The van der Waals surface area contributed by atoms with Crippen molar-refractivity contribution in [3.8, 4) is 0 Å². The van der Waals surface area contributed by atoms with Gasteiger partial charge in [0.25, 0.3) is 5.91 Å². The molecule has 2 N–H and O–H groups in total. The lowest BCUT2D eigenvalue weighted by Crippen LogP contribution is -2.30. The predicted octanol–water partition coefficient (Wildman–Crippen LogP) is 3.63. The van der Waals surface area contributed by atoms with Crippen LogP contribution in [0.5, 0.6) is 0 Å². The molecule has 0 aromatic heterocycles. The fourth-order valence-corrected chi connectivity index (χ4v) is 3.15. The monoisotopic (exact) mass is 343 g/mol. The molecule has 0 aliphatic heterocycles. The summed E-state index contributed by atoms with van der Waals surface area (Å²) in [6.45, 7) is 5.62. The molecule has 1 amide bonds. The highest BCUT2D eigenvalue weighted by atomic mass is 32.2. The van der Waals surface area contributed by atoms with E-state index in [1.54, 1.807) is 23.9 Å². The first kappa shape index (κ1) is 18.1. The van der Waals surface area contributed by atoms with Crippen LogP contribution in [0.1, 0.15) is 34.0 Å². The second-order valence-electron chi connectivity index (χ2n) is 5.71. The maximum absolute atomic E-state index is 12.0. The molecule has 0 radical (unpaired) electrons. The number of benzene rings is 2. The Kier molecular flexibility index (Phi) is 6.04. The largest absolute Gasteiger partial charge is 0.449 e. The molecule has 5 heteroatoms. The molecule has 0 fully saturated rings. The molecule has 4 nitrogen and oxygen atoms in total. The first-order chi connectivity index (χ1) is 11.4. The van der Waals surface area contributed by atoms with Crippen LogP contribution in [-0.4, -0.2) is 18.0 Å². The van der Waals surface area contributed by atoms with Gasteiger partial charge in [-0.05, 0) is 50.1 Å². The van der Waals surface area contributed by atoms with Gasteiger partial charge in [-0.3, -0.25) is 4.79 Å². The Morgan fingerprint density at radius 3 is 2.58 bits per heavy atom. The first-order valence-corrected chi connectivity index (χ1v) is 8.64. The number of rotatable bonds is 6. The Bertz CT molecular complexity index is 758. The predicted molar refractivity (Wildman–Crippen MR) is 96.0 cm³/mol. The molecule has 0 aliphatic carbocycles. The molecule has 0 saturated heterocycles. The van der Waals surface area contributed by atoms with E-state index >= 15 is 0 Å². The molecule has 2 aromatic carbocycles. The summed E-state index contributed by atoms with van der Waals surface area (Å²) in [5.74, 6) is -0.458. The fraction of sp³-hybridized carbons (Fsp3) is 0.263. The highest BCUT2D eigenvalue weighted by Gasteiger charge is 2.16. The van der Waals surface area contributed by atoms with Crippen LogP contribution in [0.15, 0.2) is 47.4 Å². The summed E-state index contributed by atoms with van der Waals surface area (Å²) in [7, 11) is 0. The number of esters is 1. The minimum Gasteiger partial charge on any atom is -0.449 e. The third kappa shape index (κ3) is 4.86. The van der Waals surface area contributed by atoms with E-state index in [0.717, 1.165) is 11.3 Å². The number of primary amides is 1. The average Bonchev–Trinajstić information content (AvgIpc) is 2.54. The van der Waals surface area contributed by atoms with Crippen molar-refractivity contribution >= 4 is 23.6 Å². The van der Waals surface area contributed by atoms with Crippen molar-refractivity contribution in [1.82, 2.24) is 0 Å². The van der Waals surface area contributed by atoms with E-state index in [-0.39, 0.29) is 0 Å². The number of aryl methyl sites for hydroxylation is 2. The van der Waals surface area contributed by atoms with Crippen molar-refractivity contribution in [3.63, 3.8) is 0 Å². The van der Waals surface area contributed by atoms with Gasteiger partial charge in [-0.1, -0.05) is 29.8 Å². The normalized spacial score (nSPS) is 11.8. The molecule has 2 aromatic rings. The van der Waals surface area contributed by atoms with Gasteiger partial charge in [-0.15, -0.1) is 11.8 Å². The lowest BCUT2D eigenvalue weighted by molar-refractivity contribution is -0.125. The summed E-state index contributed by atoms with van der Waals surface area (Å²) >= 11 is 1.72. The second kappa shape index (κ2) is 8.02. The number of carbonyl (C=O) groups is 2. The number of carbonyl (C=O) groups excluding carboxylic acids is 2. The van der Waals surface area contributed by atoms with Gasteiger partial charge in [0.15, 0.2) is 6.10 Å². The number of hydrogen-bond donors (Lipinski definition) is 1. The lowest BCUT2D eigenvalue weighted by atomic mass is 10.1. The van der Waals surface area contributed by atoms with Crippen molar-refractivity contribution in [1.29, 1.82) is 0 Å². The first-order valence-electron chi connectivity index (χ1n) is 7.66. The Balaban J connectivity index is 2.04. The van der Waals surface area contributed by atoms with Gasteiger partial charge in [0.1, 0.15) is 0 Å². The van der Waals surface area contributed by atoms with Crippen LogP contribution < -0.4 is 5.73 Å². The third-order valence-electron chi connectivity index (χ3n) is 3.57. The van der Waals surface area contributed by atoms with Crippen LogP contribution in [0.2, 0.25) is 0 Å². The van der Waals surface area contributed by atoms with E-state index < -0.39 is 18.0 Å². The third-order valence-corrected chi connectivity index (χ3v) is 4.82. The maximum Gasteiger partial charge on any atom is 0.338 e. The van der Waals surface area contributed by atoms with Crippen molar-refractivity contribution in [2.45, 2.75) is 37.5 Å². The van der Waals surface area contributed by atoms with Gasteiger partial charge in [0.05, 0.1) is 5.56 Å². The lowest BCUT2D eigenvalue weighted by Gasteiger charge is -2.11. The molecule has 24 heavy (non-hydrogen) atoms. The second-order valence-corrected chi connectivity index (χ2v) is 6.73. The summed E-state index contributed by atoms with van der Waals surface area (Å²) < 4.78 is 5.03. The van der Waals surface area contributed by atoms with E-state index in [2.05, 4.69) is 32.0 Å². The molecular weight excluding hydrogens is 322 g/mol. The number of hydrogen-bond acceptors (Lipinski definition) is 4.